The van der Waals surface area contributed by atoms with Crippen LogP contribution in [-0.4, -0.2) is 57.1 Å². The molecule has 114 valence electrons. The van der Waals surface area contributed by atoms with Crippen LogP contribution in [0.3, 0.4) is 0 Å². The largest absolute Gasteiger partial charge is 0.336 e. The highest BCUT2D eigenvalue weighted by molar-refractivity contribution is 5.86. The predicted molar refractivity (Wildman–Crippen MR) is 77.4 cm³/mol. The minimum absolute atomic E-state index is 0.0853. The Hall–Kier alpha value is -1.85. The molecule has 6 nitrogen and oxygen atoms in total. The van der Waals surface area contributed by atoms with Crippen LogP contribution in [0.5, 0.6) is 0 Å². The van der Waals surface area contributed by atoms with Crippen molar-refractivity contribution < 1.29 is 9.59 Å². The Labute approximate surface area is 124 Å². The van der Waals surface area contributed by atoms with E-state index in [-0.39, 0.29) is 24.4 Å². The molecule has 2 saturated heterocycles. The first-order chi connectivity index (χ1) is 10.2. The fraction of sp³-hybridized carbons (Fsp3) is 0.667. The van der Waals surface area contributed by atoms with Crippen LogP contribution in [0.25, 0.3) is 0 Å². The summed E-state index contributed by atoms with van der Waals surface area (Å²) in [5.41, 5.74) is 0. The van der Waals surface area contributed by atoms with Gasteiger partial charge in [-0.2, -0.15) is 5.10 Å². The van der Waals surface area contributed by atoms with E-state index >= 15 is 0 Å². The summed E-state index contributed by atoms with van der Waals surface area (Å²) < 4.78 is 1.89. The second-order valence-corrected chi connectivity index (χ2v) is 5.88. The van der Waals surface area contributed by atoms with Gasteiger partial charge in [-0.25, -0.2) is 0 Å². The maximum Gasteiger partial charge on any atom is 0.242 e. The Morgan fingerprint density at radius 1 is 1.29 bits per heavy atom. The Kier molecular flexibility index (Phi) is 4.22. The van der Waals surface area contributed by atoms with Gasteiger partial charge >= 0.3 is 0 Å². The minimum Gasteiger partial charge on any atom is -0.336 e. The van der Waals surface area contributed by atoms with Crippen molar-refractivity contribution in [1.29, 1.82) is 0 Å². The second-order valence-electron chi connectivity index (χ2n) is 5.88. The molecule has 3 rings (SSSR count). The molecule has 2 aliphatic heterocycles. The van der Waals surface area contributed by atoms with Gasteiger partial charge in [0.05, 0.1) is 19.1 Å². The smallest absolute Gasteiger partial charge is 0.242 e. The van der Waals surface area contributed by atoms with E-state index in [0.717, 1.165) is 45.3 Å². The lowest BCUT2D eigenvalue weighted by atomic mass is 10.0. The fourth-order valence-electron chi connectivity index (χ4n) is 3.27. The average molecular weight is 290 g/mol. The fourth-order valence-corrected chi connectivity index (χ4v) is 3.27. The van der Waals surface area contributed by atoms with E-state index in [1.807, 2.05) is 21.8 Å². The number of hydrogen-bond acceptors (Lipinski definition) is 3. The molecule has 2 amide bonds. The number of carbonyl (C=O) groups is 2. The normalized spacial score (nSPS) is 22.9. The molecule has 1 aromatic heterocycles. The molecule has 2 fully saturated rings. The zero-order valence-electron chi connectivity index (χ0n) is 12.3. The van der Waals surface area contributed by atoms with E-state index in [1.54, 1.807) is 11.1 Å². The molecule has 2 aliphatic rings. The number of rotatable bonds is 4. The summed E-state index contributed by atoms with van der Waals surface area (Å²) in [5, 5.41) is 4.23. The van der Waals surface area contributed by atoms with Crippen molar-refractivity contribution in [2.45, 2.75) is 44.7 Å². The number of hydrogen-bond donors (Lipinski definition) is 0. The zero-order chi connectivity index (χ0) is 14.7. The van der Waals surface area contributed by atoms with Gasteiger partial charge in [-0.15, -0.1) is 0 Å². The van der Waals surface area contributed by atoms with Crippen molar-refractivity contribution in [3.63, 3.8) is 0 Å². The third kappa shape index (κ3) is 3.25. The number of piperidine rings is 1. The van der Waals surface area contributed by atoms with Crippen molar-refractivity contribution >= 4 is 11.8 Å². The van der Waals surface area contributed by atoms with Gasteiger partial charge in [0.25, 0.3) is 0 Å². The molecule has 21 heavy (non-hydrogen) atoms. The Balaban J connectivity index is 1.62. The van der Waals surface area contributed by atoms with E-state index in [0.29, 0.717) is 6.42 Å². The lowest BCUT2D eigenvalue weighted by Gasteiger charge is -2.36. The summed E-state index contributed by atoms with van der Waals surface area (Å²) in [5.74, 6) is 0.200. The molecule has 1 unspecified atom stereocenters. The van der Waals surface area contributed by atoms with Crippen LogP contribution in [0.4, 0.5) is 0 Å². The summed E-state index contributed by atoms with van der Waals surface area (Å²) in [4.78, 5) is 27.9. The molecule has 0 aromatic carbocycles. The van der Waals surface area contributed by atoms with E-state index in [2.05, 4.69) is 5.10 Å². The van der Waals surface area contributed by atoms with Gasteiger partial charge in [0.1, 0.15) is 0 Å². The minimum atomic E-state index is 0.0853. The van der Waals surface area contributed by atoms with Gasteiger partial charge in [-0.3, -0.25) is 14.3 Å². The highest BCUT2D eigenvalue weighted by Crippen LogP contribution is 2.19. The van der Waals surface area contributed by atoms with E-state index in [1.165, 1.54) is 0 Å². The molecule has 0 radical (unpaired) electrons. The van der Waals surface area contributed by atoms with Crippen LogP contribution in [0, 0.1) is 0 Å². The van der Waals surface area contributed by atoms with Crippen LogP contribution in [0.2, 0.25) is 0 Å². The van der Waals surface area contributed by atoms with Crippen LogP contribution >= 0.6 is 0 Å². The first-order valence-electron chi connectivity index (χ1n) is 7.79. The molecule has 1 atom stereocenters. The van der Waals surface area contributed by atoms with Crippen LogP contribution in [-0.2, 0) is 16.1 Å². The standard InChI is InChI=1S/C15H22N4O2/c20-14-6-3-8-17(14)12-15(21)19-10-2-1-5-13(19)11-18-9-4-7-16-18/h4,7,9,13H,1-3,5-6,8,10-12H2. The molecule has 0 N–H and O–H groups in total. The first-order valence-corrected chi connectivity index (χ1v) is 7.79. The van der Waals surface area contributed by atoms with E-state index in [4.69, 9.17) is 0 Å². The molecule has 0 aliphatic carbocycles. The topological polar surface area (TPSA) is 58.4 Å². The Bertz CT molecular complexity index is 500. The lowest BCUT2D eigenvalue weighted by molar-refractivity contribution is -0.141. The average Bonchev–Trinajstić information content (AvgIpc) is 3.12. The van der Waals surface area contributed by atoms with Gasteiger partial charge in [-0.05, 0) is 31.7 Å². The molecular weight excluding hydrogens is 268 g/mol. The third-order valence-electron chi connectivity index (χ3n) is 4.40. The molecule has 0 spiro atoms. The first kappa shape index (κ1) is 14.1. The molecule has 1 aromatic rings. The van der Waals surface area contributed by atoms with Crippen molar-refractivity contribution in [1.82, 2.24) is 19.6 Å². The predicted octanol–water partition coefficient (Wildman–Crippen LogP) is 0.887. The lowest BCUT2D eigenvalue weighted by Crippen LogP contribution is -2.49. The number of carbonyl (C=O) groups excluding carboxylic acids is 2. The molecule has 0 bridgehead atoms. The maximum atomic E-state index is 12.5. The number of aromatic nitrogens is 2. The number of amides is 2. The summed E-state index contributed by atoms with van der Waals surface area (Å²) in [6.45, 7) is 2.51. The summed E-state index contributed by atoms with van der Waals surface area (Å²) in [6, 6.07) is 2.10. The number of likely N-dealkylation sites (tertiary alicyclic amines) is 2. The highest BCUT2D eigenvalue weighted by Gasteiger charge is 2.30. The third-order valence-corrected chi connectivity index (χ3v) is 4.40. The van der Waals surface area contributed by atoms with Crippen LogP contribution in [0.1, 0.15) is 32.1 Å². The molecule has 0 saturated carbocycles. The van der Waals surface area contributed by atoms with Gasteiger partial charge < -0.3 is 9.80 Å². The van der Waals surface area contributed by atoms with Crippen molar-refractivity contribution in [2.75, 3.05) is 19.6 Å². The van der Waals surface area contributed by atoms with E-state index < -0.39 is 0 Å². The van der Waals surface area contributed by atoms with Gasteiger partial charge in [-0.1, -0.05) is 0 Å². The van der Waals surface area contributed by atoms with Crippen molar-refractivity contribution in [2.24, 2.45) is 0 Å². The van der Waals surface area contributed by atoms with E-state index in [9.17, 15) is 9.59 Å². The van der Waals surface area contributed by atoms with Crippen LogP contribution < -0.4 is 0 Å². The Morgan fingerprint density at radius 3 is 2.90 bits per heavy atom. The maximum absolute atomic E-state index is 12.5. The van der Waals surface area contributed by atoms with Crippen LogP contribution in [0.15, 0.2) is 18.5 Å². The summed E-state index contributed by atoms with van der Waals surface area (Å²) in [6.07, 6.45) is 8.37. The molecule has 3 heterocycles. The second kappa shape index (κ2) is 6.28. The highest BCUT2D eigenvalue weighted by atomic mass is 16.2. The van der Waals surface area contributed by atoms with Gasteiger partial charge in [0.2, 0.25) is 11.8 Å². The molecular formula is C15H22N4O2. The summed E-state index contributed by atoms with van der Waals surface area (Å²) in [7, 11) is 0. The van der Waals surface area contributed by atoms with Gasteiger partial charge in [0, 0.05) is 31.9 Å². The van der Waals surface area contributed by atoms with Crippen molar-refractivity contribution in [3.8, 4) is 0 Å². The summed E-state index contributed by atoms with van der Waals surface area (Å²) >= 11 is 0. The SMILES string of the molecule is O=C1CCCN1CC(=O)N1CCCCC1Cn1cccn1. The number of nitrogens with zero attached hydrogens (tertiary/aromatic N) is 4. The monoisotopic (exact) mass is 290 g/mol. The molecule has 6 heteroatoms. The quantitative estimate of drug-likeness (QED) is 0.827. The van der Waals surface area contributed by atoms with Gasteiger partial charge in [0.15, 0.2) is 0 Å². The zero-order valence-corrected chi connectivity index (χ0v) is 12.3. The Morgan fingerprint density at radius 2 is 2.19 bits per heavy atom. The van der Waals surface area contributed by atoms with Crippen molar-refractivity contribution in [3.05, 3.63) is 18.5 Å².